The molecule has 1 atom stereocenters. The molecule has 92 valence electrons. The van der Waals surface area contributed by atoms with Crippen molar-refractivity contribution in [1.29, 1.82) is 0 Å². The SMILES string of the molecule is O=C(NCCC1CCCO1)N1CCOCC1. The van der Waals surface area contributed by atoms with Gasteiger partial charge in [-0.25, -0.2) is 4.79 Å². The second-order valence-electron chi connectivity index (χ2n) is 4.26. The average molecular weight is 228 g/mol. The minimum Gasteiger partial charge on any atom is -0.378 e. The predicted molar refractivity (Wildman–Crippen MR) is 59.4 cm³/mol. The lowest BCUT2D eigenvalue weighted by Crippen LogP contribution is -2.46. The topological polar surface area (TPSA) is 50.8 Å². The van der Waals surface area contributed by atoms with Crippen LogP contribution in [0.25, 0.3) is 0 Å². The van der Waals surface area contributed by atoms with Crippen molar-refractivity contribution in [2.45, 2.75) is 25.4 Å². The van der Waals surface area contributed by atoms with Crippen molar-refractivity contribution in [1.82, 2.24) is 10.2 Å². The van der Waals surface area contributed by atoms with E-state index in [0.717, 1.165) is 25.9 Å². The maximum Gasteiger partial charge on any atom is 0.317 e. The Morgan fingerprint density at radius 3 is 2.81 bits per heavy atom. The fourth-order valence-electron chi connectivity index (χ4n) is 2.09. The Labute approximate surface area is 96.1 Å². The molecule has 2 saturated heterocycles. The fourth-order valence-corrected chi connectivity index (χ4v) is 2.09. The van der Waals surface area contributed by atoms with Gasteiger partial charge in [0, 0.05) is 26.2 Å². The molecule has 1 unspecified atom stereocenters. The Morgan fingerprint density at radius 1 is 1.31 bits per heavy atom. The Hall–Kier alpha value is -0.810. The smallest absolute Gasteiger partial charge is 0.317 e. The molecule has 2 heterocycles. The summed E-state index contributed by atoms with van der Waals surface area (Å²) in [6.07, 6.45) is 3.57. The van der Waals surface area contributed by atoms with Crippen LogP contribution in [0.3, 0.4) is 0 Å². The standard InChI is InChI=1S/C11H20N2O3/c14-11(13-5-8-15-9-6-13)12-4-3-10-2-1-7-16-10/h10H,1-9H2,(H,12,14). The molecule has 0 aliphatic carbocycles. The van der Waals surface area contributed by atoms with E-state index in [1.807, 2.05) is 0 Å². The van der Waals surface area contributed by atoms with E-state index in [4.69, 9.17) is 9.47 Å². The first-order valence-corrected chi connectivity index (χ1v) is 6.08. The molecule has 2 amide bonds. The minimum absolute atomic E-state index is 0.0290. The zero-order valence-corrected chi connectivity index (χ0v) is 9.61. The second kappa shape index (κ2) is 6.06. The third-order valence-corrected chi connectivity index (χ3v) is 3.06. The van der Waals surface area contributed by atoms with Crippen molar-refractivity contribution in [2.24, 2.45) is 0 Å². The van der Waals surface area contributed by atoms with Crippen LogP contribution in [-0.4, -0.2) is 56.5 Å². The molecule has 5 nitrogen and oxygen atoms in total. The minimum atomic E-state index is 0.0290. The van der Waals surface area contributed by atoms with Crippen LogP contribution in [-0.2, 0) is 9.47 Å². The van der Waals surface area contributed by atoms with Crippen LogP contribution in [0.2, 0.25) is 0 Å². The summed E-state index contributed by atoms with van der Waals surface area (Å²) in [5.74, 6) is 0. The fraction of sp³-hybridized carbons (Fsp3) is 0.909. The number of hydrogen-bond donors (Lipinski definition) is 1. The van der Waals surface area contributed by atoms with Gasteiger partial charge in [0.15, 0.2) is 0 Å². The van der Waals surface area contributed by atoms with E-state index in [0.29, 0.717) is 39.0 Å². The molecule has 2 aliphatic heterocycles. The third-order valence-electron chi connectivity index (χ3n) is 3.06. The average Bonchev–Trinajstić information content (AvgIpc) is 2.83. The van der Waals surface area contributed by atoms with Crippen LogP contribution in [0.15, 0.2) is 0 Å². The quantitative estimate of drug-likeness (QED) is 0.769. The molecule has 2 fully saturated rings. The molecule has 0 spiro atoms. The Morgan fingerprint density at radius 2 is 2.12 bits per heavy atom. The van der Waals surface area contributed by atoms with Gasteiger partial charge in [0.25, 0.3) is 0 Å². The van der Waals surface area contributed by atoms with Crippen molar-refractivity contribution in [2.75, 3.05) is 39.5 Å². The number of amides is 2. The number of rotatable bonds is 3. The van der Waals surface area contributed by atoms with Crippen molar-refractivity contribution < 1.29 is 14.3 Å². The van der Waals surface area contributed by atoms with Gasteiger partial charge in [-0.05, 0) is 19.3 Å². The number of carbonyl (C=O) groups excluding carboxylic acids is 1. The van der Waals surface area contributed by atoms with Crippen LogP contribution in [0.1, 0.15) is 19.3 Å². The summed E-state index contributed by atoms with van der Waals surface area (Å²) in [6, 6.07) is 0.0290. The number of urea groups is 1. The molecule has 0 radical (unpaired) electrons. The van der Waals surface area contributed by atoms with Gasteiger partial charge < -0.3 is 19.7 Å². The van der Waals surface area contributed by atoms with Crippen LogP contribution in [0.5, 0.6) is 0 Å². The van der Waals surface area contributed by atoms with Crippen LogP contribution < -0.4 is 5.32 Å². The molecule has 0 aromatic heterocycles. The van der Waals surface area contributed by atoms with Gasteiger partial charge >= 0.3 is 6.03 Å². The summed E-state index contributed by atoms with van der Waals surface area (Å²) < 4.78 is 10.7. The molecule has 0 bridgehead atoms. The first-order chi connectivity index (χ1) is 7.86. The maximum absolute atomic E-state index is 11.7. The van der Waals surface area contributed by atoms with Crippen molar-refractivity contribution in [3.05, 3.63) is 0 Å². The highest BCUT2D eigenvalue weighted by Crippen LogP contribution is 2.14. The molecule has 16 heavy (non-hydrogen) atoms. The van der Waals surface area contributed by atoms with Gasteiger partial charge in [-0.3, -0.25) is 0 Å². The molecule has 2 rings (SSSR count). The number of ether oxygens (including phenoxy) is 2. The summed E-state index contributed by atoms with van der Waals surface area (Å²) in [7, 11) is 0. The Kier molecular flexibility index (Phi) is 4.42. The normalized spacial score (nSPS) is 25.8. The summed E-state index contributed by atoms with van der Waals surface area (Å²) in [5.41, 5.74) is 0. The zero-order valence-electron chi connectivity index (χ0n) is 9.61. The number of nitrogens with zero attached hydrogens (tertiary/aromatic N) is 1. The van der Waals surface area contributed by atoms with Crippen molar-refractivity contribution in [3.63, 3.8) is 0 Å². The second-order valence-corrected chi connectivity index (χ2v) is 4.26. The monoisotopic (exact) mass is 228 g/mol. The van der Waals surface area contributed by atoms with E-state index in [1.54, 1.807) is 4.90 Å². The molecular formula is C11H20N2O3. The summed E-state index contributed by atoms with van der Waals surface area (Å²) in [5, 5.41) is 2.93. The first-order valence-electron chi connectivity index (χ1n) is 6.08. The molecule has 0 saturated carbocycles. The van der Waals surface area contributed by atoms with E-state index in [-0.39, 0.29) is 6.03 Å². The molecular weight excluding hydrogens is 208 g/mol. The lowest BCUT2D eigenvalue weighted by molar-refractivity contribution is 0.0526. The highest BCUT2D eigenvalue weighted by molar-refractivity contribution is 5.74. The number of hydrogen-bond acceptors (Lipinski definition) is 3. The van der Waals surface area contributed by atoms with Crippen molar-refractivity contribution in [3.8, 4) is 0 Å². The molecule has 0 aromatic carbocycles. The Bertz CT molecular complexity index is 223. The summed E-state index contributed by atoms with van der Waals surface area (Å²) in [6.45, 7) is 4.29. The van der Waals surface area contributed by atoms with E-state index < -0.39 is 0 Å². The lowest BCUT2D eigenvalue weighted by atomic mass is 10.2. The van der Waals surface area contributed by atoms with E-state index >= 15 is 0 Å². The first kappa shape index (κ1) is 11.7. The van der Waals surface area contributed by atoms with Gasteiger partial charge in [-0.2, -0.15) is 0 Å². The highest BCUT2D eigenvalue weighted by Gasteiger charge is 2.18. The summed E-state index contributed by atoms with van der Waals surface area (Å²) >= 11 is 0. The predicted octanol–water partition coefficient (Wildman–Crippen LogP) is 0.597. The molecule has 1 N–H and O–H groups in total. The maximum atomic E-state index is 11.7. The van der Waals surface area contributed by atoms with Gasteiger partial charge in [0.2, 0.25) is 0 Å². The molecule has 2 aliphatic rings. The third kappa shape index (κ3) is 3.35. The van der Waals surface area contributed by atoms with Crippen LogP contribution in [0, 0.1) is 0 Å². The van der Waals surface area contributed by atoms with E-state index in [1.165, 1.54) is 0 Å². The number of carbonyl (C=O) groups is 1. The zero-order chi connectivity index (χ0) is 11.2. The van der Waals surface area contributed by atoms with Gasteiger partial charge in [0.05, 0.1) is 19.3 Å². The van der Waals surface area contributed by atoms with Crippen molar-refractivity contribution >= 4 is 6.03 Å². The lowest BCUT2D eigenvalue weighted by Gasteiger charge is -2.27. The summed E-state index contributed by atoms with van der Waals surface area (Å²) in [4.78, 5) is 13.5. The molecule has 5 heteroatoms. The van der Waals surface area contributed by atoms with Crippen LogP contribution >= 0.6 is 0 Å². The van der Waals surface area contributed by atoms with Gasteiger partial charge in [-0.15, -0.1) is 0 Å². The number of morpholine rings is 1. The van der Waals surface area contributed by atoms with Crippen LogP contribution in [0.4, 0.5) is 4.79 Å². The van der Waals surface area contributed by atoms with E-state index in [2.05, 4.69) is 5.32 Å². The van der Waals surface area contributed by atoms with E-state index in [9.17, 15) is 4.79 Å². The largest absolute Gasteiger partial charge is 0.378 e. The van der Waals surface area contributed by atoms with Gasteiger partial charge in [-0.1, -0.05) is 0 Å². The highest BCUT2D eigenvalue weighted by atomic mass is 16.5. The van der Waals surface area contributed by atoms with Gasteiger partial charge in [0.1, 0.15) is 0 Å². The molecule has 0 aromatic rings. The Balaban J connectivity index is 1.59. The number of nitrogens with one attached hydrogen (secondary N) is 1.